The molecule has 3 saturated heterocycles. The van der Waals surface area contributed by atoms with Crippen LogP contribution in [0.15, 0.2) is 53.4 Å². The van der Waals surface area contributed by atoms with Gasteiger partial charge in [0.05, 0.1) is 11.4 Å². The summed E-state index contributed by atoms with van der Waals surface area (Å²) < 4.78 is 18.6. The van der Waals surface area contributed by atoms with Crippen LogP contribution in [0, 0.1) is 5.82 Å². The van der Waals surface area contributed by atoms with Crippen LogP contribution < -0.4 is 0 Å². The summed E-state index contributed by atoms with van der Waals surface area (Å²) in [7, 11) is 0. The highest BCUT2D eigenvalue weighted by molar-refractivity contribution is 8.18. The van der Waals surface area contributed by atoms with Crippen LogP contribution in [-0.4, -0.2) is 76.6 Å². The number of benzene rings is 2. The fraction of sp³-hybridized carbons (Fsp3) is 0.333. The van der Waals surface area contributed by atoms with Crippen molar-refractivity contribution in [3.05, 3.63) is 75.9 Å². The van der Waals surface area contributed by atoms with Gasteiger partial charge in [0.1, 0.15) is 11.9 Å². The summed E-state index contributed by atoms with van der Waals surface area (Å²) in [6.45, 7) is 2.58. The van der Waals surface area contributed by atoms with E-state index in [1.165, 1.54) is 12.1 Å². The molecule has 1 atom stereocenters. The normalized spacial score (nSPS) is 21.3. The van der Waals surface area contributed by atoms with Gasteiger partial charge < -0.3 is 14.5 Å². The van der Waals surface area contributed by atoms with Crippen LogP contribution in [0.1, 0.15) is 34.3 Å². The Labute approximate surface area is 218 Å². The molecule has 0 bridgehead atoms. The number of imide groups is 1. The van der Waals surface area contributed by atoms with Crippen LogP contribution in [0.3, 0.4) is 0 Å². The van der Waals surface area contributed by atoms with E-state index in [0.717, 1.165) is 29.5 Å². The Balaban J connectivity index is 1.18. The molecule has 0 aromatic heterocycles. The number of ether oxygens (including phenoxy) is 1. The largest absolute Gasteiger partial charge is 0.368 e. The third kappa shape index (κ3) is 5.60. The summed E-state index contributed by atoms with van der Waals surface area (Å²) in [4.78, 5) is 55.6. The van der Waals surface area contributed by atoms with Crippen LogP contribution in [0.2, 0.25) is 0 Å². The standard InChI is InChI=1S/C27H26FN3O5S/c28-21-9-5-19(6-10-21)17-31-26(34)23(37-27(31)35)16-18-3-7-20(8-4-18)24(32)29-11-13-30(14-12-29)25(33)22-2-1-15-36-22/h3-10,16,22H,1-2,11-15,17H2. The van der Waals surface area contributed by atoms with Gasteiger partial charge in [-0.15, -0.1) is 0 Å². The zero-order valence-electron chi connectivity index (χ0n) is 20.1. The molecule has 3 aliphatic rings. The molecule has 37 heavy (non-hydrogen) atoms. The van der Waals surface area contributed by atoms with Crippen LogP contribution >= 0.6 is 11.8 Å². The Morgan fingerprint density at radius 3 is 2.30 bits per heavy atom. The molecule has 0 aliphatic carbocycles. The first-order chi connectivity index (χ1) is 17.9. The van der Waals surface area contributed by atoms with E-state index in [1.807, 2.05) is 0 Å². The van der Waals surface area contributed by atoms with Gasteiger partial charge in [0, 0.05) is 38.3 Å². The fourth-order valence-corrected chi connectivity index (χ4v) is 5.41. The Morgan fingerprint density at radius 1 is 0.973 bits per heavy atom. The first kappa shape index (κ1) is 25.2. The molecule has 3 aliphatic heterocycles. The molecule has 8 nitrogen and oxygen atoms in total. The van der Waals surface area contributed by atoms with Crippen molar-refractivity contribution in [3.8, 4) is 0 Å². The number of hydrogen-bond donors (Lipinski definition) is 0. The zero-order chi connectivity index (χ0) is 25.9. The van der Waals surface area contributed by atoms with E-state index < -0.39 is 5.91 Å². The van der Waals surface area contributed by atoms with Crippen molar-refractivity contribution in [1.29, 1.82) is 0 Å². The lowest BCUT2D eigenvalue weighted by molar-refractivity contribution is -0.142. The molecule has 5 rings (SSSR count). The highest BCUT2D eigenvalue weighted by Gasteiger charge is 2.35. The summed E-state index contributed by atoms with van der Waals surface area (Å²) in [6.07, 6.45) is 2.93. The van der Waals surface area contributed by atoms with Crippen molar-refractivity contribution in [1.82, 2.24) is 14.7 Å². The minimum absolute atomic E-state index is 0.0102. The van der Waals surface area contributed by atoms with E-state index in [-0.39, 0.29) is 35.5 Å². The second-order valence-electron chi connectivity index (χ2n) is 9.14. The van der Waals surface area contributed by atoms with Gasteiger partial charge in [-0.3, -0.25) is 24.1 Å². The molecule has 2 aromatic carbocycles. The number of carbonyl (C=O) groups excluding carboxylic acids is 4. The summed E-state index contributed by atoms with van der Waals surface area (Å²) in [5, 5.41) is -0.385. The summed E-state index contributed by atoms with van der Waals surface area (Å²) in [6, 6.07) is 12.5. The average Bonchev–Trinajstić information content (AvgIpc) is 3.55. The zero-order valence-corrected chi connectivity index (χ0v) is 20.9. The maximum Gasteiger partial charge on any atom is 0.293 e. The third-order valence-electron chi connectivity index (χ3n) is 6.67. The maximum atomic E-state index is 13.1. The van der Waals surface area contributed by atoms with Crippen LogP contribution in [0.4, 0.5) is 9.18 Å². The molecule has 2 aromatic rings. The van der Waals surface area contributed by atoms with Crippen LogP contribution in [-0.2, 0) is 20.9 Å². The molecule has 0 radical (unpaired) electrons. The number of rotatable bonds is 5. The molecule has 0 spiro atoms. The number of thioether (sulfide) groups is 1. The van der Waals surface area contributed by atoms with Gasteiger partial charge in [0.2, 0.25) is 0 Å². The topological polar surface area (TPSA) is 87.2 Å². The minimum Gasteiger partial charge on any atom is -0.368 e. The second-order valence-corrected chi connectivity index (χ2v) is 10.1. The average molecular weight is 524 g/mol. The van der Waals surface area contributed by atoms with Crippen molar-refractivity contribution in [3.63, 3.8) is 0 Å². The summed E-state index contributed by atoms with van der Waals surface area (Å²) in [5.41, 5.74) is 1.86. The number of carbonyl (C=O) groups is 4. The molecule has 1 unspecified atom stereocenters. The molecule has 3 heterocycles. The maximum absolute atomic E-state index is 13.1. The predicted molar refractivity (Wildman–Crippen MR) is 136 cm³/mol. The lowest BCUT2D eigenvalue weighted by Gasteiger charge is -2.35. The van der Waals surface area contributed by atoms with Gasteiger partial charge in [0.15, 0.2) is 0 Å². The predicted octanol–water partition coefficient (Wildman–Crippen LogP) is 3.53. The van der Waals surface area contributed by atoms with Crippen LogP contribution in [0.25, 0.3) is 6.08 Å². The van der Waals surface area contributed by atoms with Crippen molar-refractivity contribution >= 4 is 40.8 Å². The highest BCUT2D eigenvalue weighted by Crippen LogP contribution is 2.33. The Morgan fingerprint density at radius 2 is 1.65 bits per heavy atom. The van der Waals surface area contributed by atoms with E-state index in [9.17, 15) is 23.6 Å². The van der Waals surface area contributed by atoms with Crippen molar-refractivity contribution in [2.45, 2.75) is 25.5 Å². The lowest BCUT2D eigenvalue weighted by Crippen LogP contribution is -2.52. The Kier molecular flexibility index (Phi) is 7.38. The Hall–Kier alpha value is -3.50. The highest BCUT2D eigenvalue weighted by atomic mass is 32.2. The fourth-order valence-electron chi connectivity index (χ4n) is 4.57. The Bertz CT molecular complexity index is 1230. The van der Waals surface area contributed by atoms with E-state index in [2.05, 4.69) is 0 Å². The minimum atomic E-state index is -0.408. The number of nitrogens with zero attached hydrogens (tertiary/aromatic N) is 3. The molecular weight excluding hydrogens is 497 g/mol. The second kappa shape index (κ2) is 10.9. The van der Waals surface area contributed by atoms with E-state index in [0.29, 0.717) is 54.4 Å². The van der Waals surface area contributed by atoms with Gasteiger partial charge in [-0.1, -0.05) is 24.3 Å². The lowest BCUT2D eigenvalue weighted by atomic mass is 10.1. The van der Waals surface area contributed by atoms with Gasteiger partial charge in [-0.2, -0.15) is 0 Å². The summed E-state index contributed by atoms with van der Waals surface area (Å²) in [5.74, 6) is -0.896. The molecule has 0 N–H and O–H groups in total. The first-order valence-corrected chi connectivity index (χ1v) is 13.0. The van der Waals surface area contributed by atoms with Gasteiger partial charge in [0.25, 0.3) is 23.0 Å². The van der Waals surface area contributed by atoms with Crippen molar-refractivity contribution in [2.24, 2.45) is 0 Å². The molecule has 3 fully saturated rings. The molecule has 4 amide bonds. The van der Waals surface area contributed by atoms with Crippen molar-refractivity contribution in [2.75, 3.05) is 32.8 Å². The van der Waals surface area contributed by atoms with E-state index >= 15 is 0 Å². The molecule has 10 heteroatoms. The van der Waals surface area contributed by atoms with E-state index in [4.69, 9.17) is 4.74 Å². The van der Waals surface area contributed by atoms with Crippen molar-refractivity contribution < 1.29 is 28.3 Å². The summed E-state index contributed by atoms with van der Waals surface area (Å²) >= 11 is 0.852. The third-order valence-corrected chi connectivity index (χ3v) is 7.57. The molecule has 192 valence electrons. The number of halogens is 1. The number of amides is 4. The SMILES string of the molecule is O=C(c1ccc(C=C2SC(=O)N(Cc3ccc(F)cc3)C2=O)cc1)N1CCN(C(=O)C2CCCO2)CC1. The van der Waals surface area contributed by atoms with Crippen LogP contribution in [0.5, 0.6) is 0 Å². The monoisotopic (exact) mass is 523 g/mol. The first-order valence-electron chi connectivity index (χ1n) is 12.2. The number of hydrogen-bond acceptors (Lipinski definition) is 6. The van der Waals surface area contributed by atoms with E-state index in [1.54, 1.807) is 52.3 Å². The van der Waals surface area contributed by atoms with Gasteiger partial charge in [-0.05, 0) is 66.1 Å². The van der Waals surface area contributed by atoms with Gasteiger partial charge in [-0.25, -0.2) is 4.39 Å². The number of piperazine rings is 1. The molecule has 0 saturated carbocycles. The quantitative estimate of drug-likeness (QED) is 0.558. The molecular formula is C27H26FN3O5S. The smallest absolute Gasteiger partial charge is 0.293 e. The van der Waals surface area contributed by atoms with Gasteiger partial charge >= 0.3 is 0 Å².